The fourth-order valence-electron chi connectivity index (χ4n) is 7.16. The molecular weight excluding hydrogens is 490 g/mol. The lowest BCUT2D eigenvalue weighted by atomic mass is 9.82. The van der Waals surface area contributed by atoms with Gasteiger partial charge in [0.2, 0.25) is 0 Å². The van der Waals surface area contributed by atoms with Crippen molar-refractivity contribution in [1.29, 1.82) is 0 Å². The molecule has 9 rings (SSSR count). The normalized spacial score (nSPS) is 14.1. The third-order valence-corrected chi connectivity index (χ3v) is 10.2. The minimum Gasteiger partial charge on any atom is -0.308 e. The number of rotatable bonds is 1. The Morgan fingerprint density at radius 1 is 0.590 bits per heavy atom. The van der Waals surface area contributed by atoms with E-state index in [-0.39, 0.29) is 5.41 Å². The van der Waals surface area contributed by atoms with Gasteiger partial charge in [-0.2, -0.15) is 0 Å². The van der Waals surface area contributed by atoms with E-state index in [9.17, 15) is 0 Å². The zero-order chi connectivity index (χ0) is 25.9. The van der Waals surface area contributed by atoms with E-state index in [4.69, 9.17) is 0 Å². The van der Waals surface area contributed by atoms with Crippen LogP contribution in [0.3, 0.4) is 0 Å². The molecule has 6 aromatic carbocycles. The maximum Gasteiger partial charge on any atom is 0.0719 e. The highest BCUT2D eigenvalue weighted by atomic mass is 32.1. The van der Waals surface area contributed by atoms with Gasteiger partial charge < -0.3 is 4.57 Å². The van der Waals surface area contributed by atoms with E-state index in [2.05, 4.69) is 134 Å². The van der Waals surface area contributed by atoms with Crippen molar-refractivity contribution >= 4 is 64.1 Å². The van der Waals surface area contributed by atoms with Crippen molar-refractivity contribution in [3.63, 3.8) is 0 Å². The van der Waals surface area contributed by atoms with Crippen LogP contribution in [0, 0.1) is 0 Å². The molecule has 1 nitrogen and oxygen atoms in total. The lowest BCUT2D eigenvalue weighted by Crippen LogP contribution is -2.14. The molecule has 0 atom stereocenters. The van der Waals surface area contributed by atoms with Crippen LogP contribution in [0.2, 0.25) is 0 Å². The summed E-state index contributed by atoms with van der Waals surface area (Å²) in [4.78, 5) is 0. The van der Waals surface area contributed by atoms with Crippen molar-refractivity contribution in [1.82, 2.24) is 4.57 Å². The van der Waals surface area contributed by atoms with Gasteiger partial charge in [0, 0.05) is 37.3 Å². The molecule has 0 fully saturated rings. The van der Waals surface area contributed by atoms with Gasteiger partial charge in [-0.25, -0.2) is 0 Å². The zero-order valence-corrected chi connectivity index (χ0v) is 22.6. The highest BCUT2D eigenvalue weighted by molar-refractivity contribution is 7.26. The molecule has 1 aliphatic rings. The van der Waals surface area contributed by atoms with Gasteiger partial charge in [0.05, 0.1) is 15.7 Å². The monoisotopic (exact) mass is 515 g/mol. The Kier molecular flexibility index (Phi) is 4.07. The summed E-state index contributed by atoms with van der Waals surface area (Å²) in [6, 6.07) is 43.0. The Hall–Kier alpha value is -4.40. The van der Waals surface area contributed by atoms with Gasteiger partial charge in [0.15, 0.2) is 0 Å². The van der Waals surface area contributed by atoms with Crippen LogP contribution in [-0.4, -0.2) is 4.57 Å². The van der Waals surface area contributed by atoms with Gasteiger partial charge in [-0.15, -0.1) is 11.3 Å². The number of hydrogen-bond donors (Lipinski definition) is 0. The van der Waals surface area contributed by atoms with Crippen LogP contribution in [0.1, 0.15) is 25.0 Å². The van der Waals surface area contributed by atoms with Crippen LogP contribution < -0.4 is 0 Å². The van der Waals surface area contributed by atoms with Crippen molar-refractivity contribution in [2.24, 2.45) is 0 Å². The molecule has 0 saturated carbocycles. The zero-order valence-electron chi connectivity index (χ0n) is 21.8. The first kappa shape index (κ1) is 21.5. The van der Waals surface area contributed by atoms with E-state index in [0.717, 1.165) is 0 Å². The molecule has 0 amide bonds. The van der Waals surface area contributed by atoms with Crippen LogP contribution in [-0.2, 0) is 5.41 Å². The van der Waals surface area contributed by atoms with Gasteiger partial charge in [-0.1, -0.05) is 105 Å². The Morgan fingerprint density at radius 3 is 2.26 bits per heavy atom. The minimum atomic E-state index is 0.000224. The highest BCUT2D eigenvalue weighted by Crippen LogP contribution is 2.50. The molecule has 0 spiro atoms. The maximum atomic E-state index is 2.53. The SMILES string of the molecule is CC1(C)c2ccccc2-c2cc(-n3c4ccc5ccccc5c4c4ccc5c6ccccc6sc5c43)ccc21. The molecule has 2 aromatic heterocycles. The summed E-state index contributed by atoms with van der Waals surface area (Å²) < 4.78 is 5.23. The van der Waals surface area contributed by atoms with Crippen molar-refractivity contribution in [2.45, 2.75) is 19.3 Å². The third kappa shape index (κ3) is 2.69. The Labute approximate surface area is 230 Å². The fraction of sp³-hybridized carbons (Fsp3) is 0.0811. The molecule has 0 bridgehead atoms. The summed E-state index contributed by atoms with van der Waals surface area (Å²) in [5.74, 6) is 0. The Balaban J connectivity index is 1.47. The van der Waals surface area contributed by atoms with Crippen LogP contribution in [0.5, 0.6) is 0 Å². The van der Waals surface area contributed by atoms with Crippen LogP contribution in [0.4, 0.5) is 0 Å². The molecule has 0 aliphatic heterocycles. The predicted molar refractivity (Wildman–Crippen MR) is 169 cm³/mol. The standard InChI is InChI=1S/C37H25NS/c1-37(2)30-13-7-5-11-25(30)29-21-23(16-19-31(29)37)38-32-20-15-22-9-3-4-10-24(22)34(32)28-18-17-27-26-12-6-8-14-33(26)39-36(27)35(28)38/h3-21H,1-2H3. The van der Waals surface area contributed by atoms with Crippen molar-refractivity contribution in [3.8, 4) is 16.8 Å². The summed E-state index contributed by atoms with van der Waals surface area (Å²) in [7, 11) is 0. The number of thiophene rings is 1. The van der Waals surface area contributed by atoms with Gasteiger partial charge in [-0.3, -0.25) is 0 Å². The minimum absolute atomic E-state index is 0.000224. The molecule has 2 heteroatoms. The number of fused-ring (bicyclic) bond motifs is 12. The van der Waals surface area contributed by atoms with Gasteiger partial charge in [0.25, 0.3) is 0 Å². The van der Waals surface area contributed by atoms with E-state index in [1.165, 1.54) is 80.7 Å². The van der Waals surface area contributed by atoms with Gasteiger partial charge >= 0.3 is 0 Å². The van der Waals surface area contributed by atoms with Crippen LogP contribution in [0.15, 0.2) is 115 Å². The Morgan fingerprint density at radius 2 is 1.33 bits per heavy atom. The lowest BCUT2D eigenvalue weighted by molar-refractivity contribution is 0.660. The second-order valence-electron chi connectivity index (χ2n) is 11.4. The van der Waals surface area contributed by atoms with Crippen molar-refractivity contribution in [2.75, 3.05) is 0 Å². The lowest BCUT2D eigenvalue weighted by Gasteiger charge is -2.21. The summed E-state index contributed by atoms with van der Waals surface area (Å²) >= 11 is 1.91. The molecule has 39 heavy (non-hydrogen) atoms. The summed E-state index contributed by atoms with van der Waals surface area (Å²) in [6.07, 6.45) is 0. The third-order valence-electron chi connectivity index (χ3n) is 8.99. The van der Waals surface area contributed by atoms with E-state index in [0.29, 0.717) is 0 Å². The quantitative estimate of drug-likeness (QED) is 0.205. The Bertz CT molecular complexity index is 2310. The van der Waals surface area contributed by atoms with Crippen LogP contribution in [0.25, 0.3) is 69.6 Å². The largest absolute Gasteiger partial charge is 0.308 e. The maximum absolute atomic E-state index is 2.53. The molecule has 8 aromatic rings. The number of benzene rings is 6. The number of nitrogens with zero attached hydrogens (tertiary/aromatic N) is 1. The van der Waals surface area contributed by atoms with E-state index in [1.807, 2.05) is 11.3 Å². The average molecular weight is 516 g/mol. The summed E-state index contributed by atoms with van der Waals surface area (Å²) in [6.45, 7) is 4.70. The van der Waals surface area contributed by atoms with E-state index in [1.54, 1.807) is 0 Å². The topological polar surface area (TPSA) is 4.93 Å². The van der Waals surface area contributed by atoms with E-state index < -0.39 is 0 Å². The van der Waals surface area contributed by atoms with Crippen molar-refractivity contribution in [3.05, 3.63) is 126 Å². The molecule has 2 heterocycles. The predicted octanol–water partition coefficient (Wildman–Crippen LogP) is 10.6. The second-order valence-corrected chi connectivity index (χ2v) is 12.4. The molecule has 0 unspecified atom stereocenters. The summed E-state index contributed by atoms with van der Waals surface area (Å²) in [5.41, 5.74) is 9.33. The fourth-order valence-corrected chi connectivity index (χ4v) is 8.40. The summed E-state index contributed by atoms with van der Waals surface area (Å²) in [5, 5.41) is 7.93. The number of aromatic nitrogens is 1. The highest BCUT2D eigenvalue weighted by Gasteiger charge is 2.35. The molecule has 1 aliphatic carbocycles. The molecule has 0 radical (unpaired) electrons. The smallest absolute Gasteiger partial charge is 0.0719 e. The molecule has 0 saturated heterocycles. The average Bonchev–Trinajstić information content (AvgIpc) is 3.59. The van der Waals surface area contributed by atoms with E-state index >= 15 is 0 Å². The molecule has 184 valence electrons. The van der Waals surface area contributed by atoms with Crippen molar-refractivity contribution < 1.29 is 0 Å². The second kappa shape index (κ2) is 7.37. The first-order valence-corrected chi connectivity index (χ1v) is 14.4. The van der Waals surface area contributed by atoms with Gasteiger partial charge in [-0.05, 0) is 57.3 Å². The molecule has 0 N–H and O–H groups in total. The first-order chi connectivity index (χ1) is 19.1. The molecular formula is C37H25NS. The number of hydrogen-bond acceptors (Lipinski definition) is 1. The van der Waals surface area contributed by atoms with Crippen LogP contribution >= 0.6 is 11.3 Å². The first-order valence-electron chi connectivity index (χ1n) is 13.6. The van der Waals surface area contributed by atoms with Gasteiger partial charge in [0.1, 0.15) is 0 Å².